The number of benzene rings is 1. The van der Waals surface area contributed by atoms with Gasteiger partial charge in [-0.05, 0) is 26.0 Å². The lowest BCUT2D eigenvalue weighted by Crippen LogP contribution is -2.33. The van der Waals surface area contributed by atoms with E-state index >= 15 is 0 Å². The summed E-state index contributed by atoms with van der Waals surface area (Å²) < 4.78 is 5.67. The third-order valence-electron chi connectivity index (χ3n) is 3.02. The molecule has 0 saturated heterocycles. The van der Waals surface area contributed by atoms with Gasteiger partial charge in [0.25, 0.3) is 5.56 Å². The average molecular weight is 287 g/mol. The molecular formula is C16H21N3O2. The summed E-state index contributed by atoms with van der Waals surface area (Å²) in [6, 6.07) is 11.5. The van der Waals surface area contributed by atoms with Crippen molar-refractivity contribution in [2.75, 3.05) is 13.2 Å². The first-order chi connectivity index (χ1) is 10.1. The summed E-state index contributed by atoms with van der Waals surface area (Å²) in [5.74, 6) is 1.58. The van der Waals surface area contributed by atoms with Gasteiger partial charge < -0.3 is 15.0 Å². The van der Waals surface area contributed by atoms with Gasteiger partial charge in [0.2, 0.25) is 0 Å². The molecule has 0 aliphatic rings. The van der Waals surface area contributed by atoms with E-state index in [9.17, 15) is 4.79 Å². The molecule has 1 heterocycles. The van der Waals surface area contributed by atoms with Crippen molar-refractivity contribution in [1.29, 1.82) is 0 Å². The lowest BCUT2D eigenvalue weighted by molar-refractivity contribution is 0.274. The van der Waals surface area contributed by atoms with Crippen LogP contribution < -0.4 is 15.6 Å². The van der Waals surface area contributed by atoms with Gasteiger partial charge >= 0.3 is 0 Å². The first-order valence-electron chi connectivity index (χ1n) is 7.11. The molecule has 0 amide bonds. The third-order valence-corrected chi connectivity index (χ3v) is 3.02. The Bertz CT molecular complexity index is 610. The van der Waals surface area contributed by atoms with Crippen molar-refractivity contribution in [3.8, 4) is 5.75 Å². The number of hydrogen-bond acceptors (Lipinski definition) is 4. The van der Waals surface area contributed by atoms with Gasteiger partial charge in [0.05, 0.1) is 0 Å². The number of nitrogens with one attached hydrogen (secondary N) is 2. The Morgan fingerprint density at radius 2 is 2.10 bits per heavy atom. The molecule has 0 spiro atoms. The van der Waals surface area contributed by atoms with Crippen LogP contribution in [0.2, 0.25) is 0 Å². The summed E-state index contributed by atoms with van der Waals surface area (Å²) in [6.07, 6.45) is 0.687. The number of ether oxygens (including phenoxy) is 1. The number of rotatable bonds is 7. The van der Waals surface area contributed by atoms with Crippen molar-refractivity contribution in [2.45, 2.75) is 26.3 Å². The van der Waals surface area contributed by atoms with E-state index in [1.807, 2.05) is 37.3 Å². The molecule has 0 radical (unpaired) electrons. The summed E-state index contributed by atoms with van der Waals surface area (Å²) in [7, 11) is 0. The molecule has 0 aliphatic heterocycles. The Labute approximate surface area is 124 Å². The van der Waals surface area contributed by atoms with Crippen molar-refractivity contribution in [2.24, 2.45) is 0 Å². The number of para-hydroxylation sites is 1. The van der Waals surface area contributed by atoms with Crippen LogP contribution in [-0.4, -0.2) is 29.2 Å². The second-order valence-corrected chi connectivity index (χ2v) is 5.06. The number of aryl methyl sites for hydroxylation is 1. The number of aromatic amines is 1. The van der Waals surface area contributed by atoms with Gasteiger partial charge in [0.15, 0.2) is 0 Å². The molecule has 1 aromatic heterocycles. The third kappa shape index (κ3) is 5.39. The van der Waals surface area contributed by atoms with Crippen LogP contribution in [0, 0.1) is 6.92 Å². The van der Waals surface area contributed by atoms with E-state index in [0.29, 0.717) is 18.9 Å². The molecular weight excluding hydrogens is 266 g/mol. The van der Waals surface area contributed by atoms with Gasteiger partial charge in [-0.2, -0.15) is 0 Å². The predicted molar refractivity (Wildman–Crippen MR) is 82.7 cm³/mol. The quantitative estimate of drug-likeness (QED) is 0.813. The minimum absolute atomic E-state index is 0.0991. The highest BCUT2D eigenvalue weighted by molar-refractivity contribution is 5.20. The average Bonchev–Trinajstić information content (AvgIpc) is 2.45. The maximum Gasteiger partial charge on any atom is 0.251 e. The first kappa shape index (κ1) is 15.3. The molecule has 2 N–H and O–H groups in total. The fraction of sp³-hybridized carbons (Fsp3) is 0.375. The normalized spacial score (nSPS) is 12.1. The van der Waals surface area contributed by atoms with Gasteiger partial charge in [-0.3, -0.25) is 4.79 Å². The Hall–Kier alpha value is -2.14. The minimum atomic E-state index is -0.0991. The van der Waals surface area contributed by atoms with E-state index in [1.165, 1.54) is 6.07 Å². The van der Waals surface area contributed by atoms with E-state index in [2.05, 4.69) is 22.2 Å². The van der Waals surface area contributed by atoms with Crippen molar-refractivity contribution in [3.05, 3.63) is 58.3 Å². The maximum atomic E-state index is 11.3. The Balaban J connectivity index is 1.71. The van der Waals surface area contributed by atoms with Gasteiger partial charge in [-0.25, -0.2) is 4.98 Å². The molecule has 0 bridgehead atoms. The molecule has 1 atom stereocenters. The number of aromatic nitrogens is 2. The molecule has 2 aromatic rings. The highest BCUT2D eigenvalue weighted by Gasteiger charge is 2.04. The minimum Gasteiger partial charge on any atom is -0.492 e. The largest absolute Gasteiger partial charge is 0.492 e. The van der Waals surface area contributed by atoms with Gasteiger partial charge in [0.1, 0.15) is 18.2 Å². The molecule has 21 heavy (non-hydrogen) atoms. The van der Waals surface area contributed by atoms with Crippen LogP contribution in [0.5, 0.6) is 5.75 Å². The van der Waals surface area contributed by atoms with Crippen molar-refractivity contribution < 1.29 is 4.74 Å². The molecule has 0 aliphatic carbocycles. The zero-order valence-electron chi connectivity index (χ0n) is 12.4. The Kier molecular flexibility index (Phi) is 5.51. The molecule has 0 saturated carbocycles. The van der Waals surface area contributed by atoms with Crippen molar-refractivity contribution >= 4 is 0 Å². The predicted octanol–water partition coefficient (Wildman–Crippen LogP) is 1.68. The number of H-pyrrole nitrogens is 1. The fourth-order valence-corrected chi connectivity index (χ4v) is 1.99. The monoisotopic (exact) mass is 287 g/mol. The highest BCUT2D eigenvalue weighted by atomic mass is 16.5. The van der Waals surface area contributed by atoms with E-state index in [4.69, 9.17) is 4.74 Å². The lowest BCUT2D eigenvalue weighted by atomic mass is 10.3. The van der Waals surface area contributed by atoms with Crippen LogP contribution in [0.15, 0.2) is 41.2 Å². The van der Waals surface area contributed by atoms with Crippen LogP contribution in [-0.2, 0) is 6.42 Å². The molecule has 5 nitrogen and oxygen atoms in total. The zero-order valence-corrected chi connectivity index (χ0v) is 12.4. The molecule has 112 valence electrons. The molecule has 5 heteroatoms. The van der Waals surface area contributed by atoms with Gasteiger partial charge in [0, 0.05) is 30.8 Å². The molecule has 0 fully saturated rings. The van der Waals surface area contributed by atoms with Crippen LogP contribution in [0.25, 0.3) is 0 Å². The number of nitrogens with zero attached hydrogens (tertiary/aromatic N) is 1. The summed E-state index contributed by atoms with van der Waals surface area (Å²) in [5.41, 5.74) is 0.646. The molecule has 0 unspecified atom stereocenters. The standard InChI is InChI=1S/C16H21N3O2/c1-12-10-16(20)19-15(18-12)8-9-17-13(2)11-21-14-6-4-3-5-7-14/h3-7,10,13,17H,8-9,11H2,1-2H3,(H,18,19,20)/t13-/m1/s1. The smallest absolute Gasteiger partial charge is 0.251 e. The summed E-state index contributed by atoms with van der Waals surface area (Å²) in [6.45, 7) is 5.23. The van der Waals surface area contributed by atoms with Crippen molar-refractivity contribution in [3.63, 3.8) is 0 Å². The fourth-order valence-electron chi connectivity index (χ4n) is 1.99. The SMILES string of the molecule is Cc1cc(=O)[nH]c(CCN[C@H](C)COc2ccccc2)n1. The van der Waals surface area contributed by atoms with Crippen LogP contribution in [0.1, 0.15) is 18.4 Å². The summed E-state index contributed by atoms with van der Waals surface area (Å²) in [4.78, 5) is 18.4. The second kappa shape index (κ2) is 7.59. The van der Waals surface area contributed by atoms with E-state index in [1.54, 1.807) is 0 Å². The number of hydrogen-bond donors (Lipinski definition) is 2. The van der Waals surface area contributed by atoms with E-state index < -0.39 is 0 Å². The molecule has 2 rings (SSSR count). The zero-order chi connectivity index (χ0) is 15.1. The van der Waals surface area contributed by atoms with Crippen LogP contribution in [0.3, 0.4) is 0 Å². The maximum absolute atomic E-state index is 11.3. The first-order valence-corrected chi connectivity index (χ1v) is 7.11. The topological polar surface area (TPSA) is 67.0 Å². The summed E-state index contributed by atoms with van der Waals surface area (Å²) in [5, 5.41) is 3.35. The molecule has 1 aromatic carbocycles. The van der Waals surface area contributed by atoms with Crippen molar-refractivity contribution in [1.82, 2.24) is 15.3 Å². The Morgan fingerprint density at radius 3 is 2.81 bits per heavy atom. The van der Waals surface area contributed by atoms with E-state index in [0.717, 1.165) is 18.0 Å². The van der Waals surface area contributed by atoms with Gasteiger partial charge in [-0.1, -0.05) is 18.2 Å². The van der Waals surface area contributed by atoms with E-state index in [-0.39, 0.29) is 11.6 Å². The van der Waals surface area contributed by atoms with Gasteiger partial charge in [-0.15, -0.1) is 0 Å². The highest BCUT2D eigenvalue weighted by Crippen LogP contribution is 2.08. The lowest BCUT2D eigenvalue weighted by Gasteiger charge is -2.14. The van der Waals surface area contributed by atoms with Crippen LogP contribution >= 0.6 is 0 Å². The second-order valence-electron chi connectivity index (χ2n) is 5.06. The van der Waals surface area contributed by atoms with Crippen LogP contribution in [0.4, 0.5) is 0 Å². The Morgan fingerprint density at radius 1 is 1.33 bits per heavy atom. The summed E-state index contributed by atoms with van der Waals surface area (Å²) >= 11 is 0.